The van der Waals surface area contributed by atoms with Gasteiger partial charge in [0, 0.05) is 22.8 Å². The second kappa shape index (κ2) is 7.45. The number of carbonyl (C=O) groups is 1. The summed E-state index contributed by atoms with van der Waals surface area (Å²) in [5.41, 5.74) is 2.42. The smallest absolute Gasteiger partial charge is 0.358 e. The minimum Gasteiger partial charge on any atom is -0.461 e. The van der Waals surface area contributed by atoms with Crippen molar-refractivity contribution >= 4 is 21.9 Å². The van der Waals surface area contributed by atoms with Gasteiger partial charge >= 0.3 is 5.97 Å². The van der Waals surface area contributed by atoms with E-state index in [0.29, 0.717) is 18.8 Å². The fourth-order valence-electron chi connectivity index (χ4n) is 2.45. The van der Waals surface area contributed by atoms with Crippen LogP contribution in [0.1, 0.15) is 23.0 Å². The van der Waals surface area contributed by atoms with Gasteiger partial charge in [0.15, 0.2) is 5.69 Å². The molecule has 3 aromatic rings. The Morgan fingerprint density at radius 3 is 2.50 bits per heavy atom. The molecule has 0 bridgehead atoms. The Morgan fingerprint density at radius 2 is 1.83 bits per heavy atom. The van der Waals surface area contributed by atoms with Crippen LogP contribution in [0, 0.1) is 0 Å². The highest BCUT2D eigenvalue weighted by Crippen LogP contribution is 2.23. The number of esters is 1. The Balaban J connectivity index is 2.01. The van der Waals surface area contributed by atoms with Crippen LogP contribution in [0.15, 0.2) is 65.3 Å². The largest absolute Gasteiger partial charge is 0.461 e. The third-order valence-electron chi connectivity index (χ3n) is 3.56. The third-order valence-corrected chi connectivity index (χ3v) is 4.09. The highest BCUT2D eigenvalue weighted by Gasteiger charge is 2.16. The van der Waals surface area contributed by atoms with Gasteiger partial charge in [0.25, 0.3) is 0 Å². The summed E-state index contributed by atoms with van der Waals surface area (Å²) in [7, 11) is 0. The van der Waals surface area contributed by atoms with Gasteiger partial charge in [0.05, 0.1) is 6.61 Å². The lowest BCUT2D eigenvalue weighted by Crippen LogP contribution is -2.04. The van der Waals surface area contributed by atoms with Crippen LogP contribution in [-0.2, 0) is 11.3 Å². The zero-order valence-electron chi connectivity index (χ0n) is 13.3. The average Bonchev–Trinajstić information content (AvgIpc) is 3.01. The van der Waals surface area contributed by atoms with Gasteiger partial charge in [-0.25, -0.2) is 9.78 Å². The molecule has 0 radical (unpaired) electrons. The minimum absolute atomic E-state index is 0.325. The zero-order chi connectivity index (χ0) is 16.9. The minimum atomic E-state index is -0.400. The van der Waals surface area contributed by atoms with E-state index in [1.54, 1.807) is 13.1 Å². The van der Waals surface area contributed by atoms with E-state index in [0.717, 1.165) is 21.4 Å². The molecular weight excluding hydrogens is 368 g/mol. The number of hydrogen-bond acceptors (Lipinski definition) is 3. The second-order valence-electron chi connectivity index (χ2n) is 5.29. The summed E-state index contributed by atoms with van der Waals surface area (Å²) in [6, 6.07) is 17.9. The van der Waals surface area contributed by atoms with E-state index in [2.05, 4.69) is 33.0 Å². The summed E-state index contributed by atoms with van der Waals surface area (Å²) >= 11 is 3.44. The van der Waals surface area contributed by atoms with E-state index < -0.39 is 5.97 Å². The predicted octanol–water partition coefficient (Wildman–Crippen LogP) is 4.54. The van der Waals surface area contributed by atoms with Crippen LogP contribution in [0.2, 0.25) is 0 Å². The van der Waals surface area contributed by atoms with E-state index in [1.165, 1.54) is 0 Å². The number of halogens is 1. The topological polar surface area (TPSA) is 44.1 Å². The molecule has 2 aromatic carbocycles. The Labute approximate surface area is 149 Å². The van der Waals surface area contributed by atoms with E-state index in [9.17, 15) is 4.79 Å². The van der Waals surface area contributed by atoms with Crippen LogP contribution < -0.4 is 0 Å². The van der Waals surface area contributed by atoms with Crippen molar-refractivity contribution in [1.29, 1.82) is 0 Å². The lowest BCUT2D eigenvalue weighted by Gasteiger charge is -2.08. The molecule has 0 atom stereocenters. The number of ether oxygens (including phenoxy) is 1. The van der Waals surface area contributed by atoms with Gasteiger partial charge in [0.2, 0.25) is 0 Å². The monoisotopic (exact) mass is 384 g/mol. The van der Waals surface area contributed by atoms with Crippen LogP contribution in [-0.4, -0.2) is 22.1 Å². The SMILES string of the molecule is CCOC(=O)c1cn(Cc2ccccc2)c(-c2ccc(Br)cc2)n1. The van der Waals surface area contributed by atoms with Crippen molar-refractivity contribution < 1.29 is 9.53 Å². The van der Waals surface area contributed by atoms with Crippen molar-refractivity contribution in [2.24, 2.45) is 0 Å². The van der Waals surface area contributed by atoms with Gasteiger partial charge in [-0.3, -0.25) is 0 Å². The average molecular weight is 385 g/mol. The second-order valence-corrected chi connectivity index (χ2v) is 6.21. The molecule has 0 saturated carbocycles. The lowest BCUT2D eigenvalue weighted by molar-refractivity contribution is 0.0520. The van der Waals surface area contributed by atoms with Crippen molar-refractivity contribution in [3.8, 4) is 11.4 Å². The number of benzene rings is 2. The summed E-state index contributed by atoms with van der Waals surface area (Å²) in [5.74, 6) is 0.345. The first-order chi connectivity index (χ1) is 11.7. The van der Waals surface area contributed by atoms with Gasteiger partial charge < -0.3 is 9.30 Å². The van der Waals surface area contributed by atoms with Crippen LogP contribution in [0.25, 0.3) is 11.4 Å². The highest BCUT2D eigenvalue weighted by atomic mass is 79.9. The van der Waals surface area contributed by atoms with E-state index in [-0.39, 0.29) is 0 Å². The highest BCUT2D eigenvalue weighted by molar-refractivity contribution is 9.10. The molecule has 0 spiro atoms. The Bertz CT molecular complexity index is 826. The maximum atomic E-state index is 12.0. The fourth-order valence-corrected chi connectivity index (χ4v) is 2.71. The van der Waals surface area contributed by atoms with Crippen LogP contribution in [0.4, 0.5) is 0 Å². The quantitative estimate of drug-likeness (QED) is 0.606. The van der Waals surface area contributed by atoms with E-state index in [1.807, 2.05) is 47.0 Å². The molecule has 0 aliphatic carbocycles. The number of hydrogen-bond donors (Lipinski definition) is 0. The molecule has 1 aromatic heterocycles. The molecule has 5 heteroatoms. The molecule has 0 saturated heterocycles. The summed E-state index contributed by atoms with van der Waals surface area (Å²) < 4.78 is 8.05. The molecule has 24 heavy (non-hydrogen) atoms. The molecule has 4 nitrogen and oxygen atoms in total. The molecule has 122 valence electrons. The first kappa shape index (κ1) is 16.5. The van der Waals surface area contributed by atoms with Crippen LogP contribution in [0.3, 0.4) is 0 Å². The summed E-state index contributed by atoms with van der Waals surface area (Å²) in [6.45, 7) is 2.76. The van der Waals surface area contributed by atoms with Crippen molar-refractivity contribution in [3.63, 3.8) is 0 Å². The van der Waals surface area contributed by atoms with Gasteiger partial charge in [-0.2, -0.15) is 0 Å². The Hall–Kier alpha value is -2.40. The van der Waals surface area contributed by atoms with Gasteiger partial charge in [-0.1, -0.05) is 58.4 Å². The number of nitrogens with zero attached hydrogens (tertiary/aromatic N) is 2. The molecule has 0 N–H and O–H groups in total. The molecular formula is C19H17BrN2O2. The van der Waals surface area contributed by atoms with Crippen molar-refractivity contribution in [2.45, 2.75) is 13.5 Å². The molecule has 0 amide bonds. The lowest BCUT2D eigenvalue weighted by atomic mass is 10.2. The van der Waals surface area contributed by atoms with Gasteiger partial charge in [0.1, 0.15) is 5.82 Å². The summed E-state index contributed by atoms with van der Waals surface area (Å²) in [4.78, 5) is 16.5. The Kier molecular flexibility index (Phi) is 5.11. The molecule has 0 unspecified atom stereocenters. The van der Waals surface area contributed by atoms with Crippen molar-refractivity contribution in [2.75, 3.05) is 6.61 Å². The van der Waals surface area contributed by atoms with Crippen molar-refractivity contribution in [3.05, 3.63) is 76.5 Å². The number of imidazole rings is 1. The molecule has 0 aliphatic heterocycles. The molecule has 0 fully saturated rings. The number of rotatable bonds is 5. The summed E-state index contributed by atoms with van der Waals surface area (Å²) in [5, 5.41) is 0. The third kappa shape index (κ3) is 3.74. The standard InChI is InChI=1S/C19H17BrN2O2/c1-2-24-19(23)17-13-22(12-14-6-4-3-5-7-14)18(21-17)15-8-10-16(20)11-9-15/h3-11,13H,2,12H2,1H3. The Morgan fingerprint density at radius 1 is 1.12 bits per heavy atom. The molecule has 0 aliphatic rings. The number of aromatic nitrogens is 2. The van der Waals surface area contributed by atoms with Crippen LogP contribution >= 0.6 is 15.9 Å². The maximum Gasteiger partial charge on any atom is 0.358 e. The first-order valence-corrected chi connectivity index (χ1v) is 8.51. The van der Waals surface area contributed by atoms with Gasteiger partial charge in [-0.15, -0.1) is 0 Å². The van der Waals surface area contributed by atoms with E-state index in [4.69, 9.17) is 4.74 Å². The molecule has 3 rings (SSSR count). The number of carbonyl (C=O) groups excluding carboxylic acids is 1. The van der Waals surface area contributed by atoms with Crippen LogP contribution in [0.5, 0.6) is 0 Å². The first-order valence-electron chi connectivity index (χ1n) is 7.71. The fraction of sp³-hybridized carbons (Fsp3) is 0.158. The molecule has 1 heterocycles. The van der Waals surface area contributed by atoms with Gasteiger partial charge in [-0.05, 0) is 24.6 Å². The normalized spacial score (nSPS) is 10.6. The zero-order valence-corrected chi connectivity index (χ0v) is 14.9. The predicted molar refractivity (Wildman–Crippen MR) is 96.9 cm³/mol. The van der Waals surface area contributed by atoms with Crippen molar-refractivity contribution in [1.82, 2.24) is 9.55 Å². The maximum absolute atomic E-state index is 12.0. The summed E-state index contributed by atoms with van der Waals surface area (Å²) in [6.07, 6.45) is 1.75. The van der Waals surface area contributed by atoms with E-state index >= 15 is 0 Å².